The Morgan fingerprint density at radius 3 is 2.67 bits per heavy atom. The number of halogens is 2. The first-order valence-corrected chi connectivity index (χ1v) is 7.06. The fraction of sp³-hybridized carbons (Fsp3) is 0.188. The van der Waals surface area contributed by atoms with Gasteiger partial charge in [0.1, 0.15) is 23.9 Å². The van der Waals surface area contributed by atoms with Crippen molar-refractivity contribution in [2.45, 2.75) is 13.5 Å². The lowest BCUT2D eigenvalue weighted by Gasteiger charge is -2.12. The first kappa shape index (κ1) is 15.5. The van der Waals surface area contributed by atoms with E-state index in [0.717, 1.165) is 10.0 Å². The van der Waals surface area contributed by atoms with Gasteiger partial charge in [-0.3, -0.25) is 4.79 Å². The van der Waals surface area contributed by atoms with Gasteiger partial charge >= 0.3 is 0 Å². The summed E-state index contributed by atoms with van der Waals surface area (Å²) in [5.74, 6) is 0.366. The molecule has 0 amide bonds. The summed E-state index contributed by atoms with van der Waals surface area (Å²) in [5.41, 5.74) is 1.10. The maximum absolute atomic E-state index is 13.2. The number of ether oxygens (including phenoxy) is 2. The van der Waals surface area contributed by atoms with Crippen LogP contribution in [0.5, 0.6) is 11.5 Å². The maximum Gasteiger partial charge on any atom is 0.163 e. The molecular formula is C16H14BrFO3. The van der Waals surface area contributed by atoms with Crippen molar-refractivity contribution in [2.24, 2.45) is 0 Å². The normalized spacial score (nSPS) is 10.3. The van der Waals surface area contributed by atoms with Gasteiger partial charge in [0, 0.05) is 10.0 Å². The molecule has 0 aliphatic heterocycles. The molecule has 0 spiro atoms. The van der Waals surface area contributed by atoms with E-state index in [2.05, 4.69) is 15.9 Å². The van der Waals surface area contributed by atoms with Crippen molar-refractivity contribution < 1.29 is 18.7 Å². The minimum atomic E-state index is -0.463. The van der Waals surface area contributed by atoms with Crippen LogP contribution in [0.4, 0.5) is 4.39 Å². The standard InChI is InChI=1S/C16H14BrFO3/c1-10(19)14-8-12(18)3-6-16(14)21-9-11-7-13(20-2)4-5-15(11)17/h3-8H,9H2,1-2H3. The second-order valence-electron chi connectivity index (χ2n) is 4.44. The molecule has 0 aliphatic carbocycles. The number of methoxy groups -OCH3 is 1. The van der Waals surface area contributed by atoms with Crippen molar-refractivity contribution >= 4 is 21.7 Å². The number of Topliss-reactive ketones (excluding diaryl/α,β-unsaturated/α-hetero) is 1. The zero-order valence-corrected chi connectivity index (χ0v) is 13.2. The quantitative estimate of drug-likeness (QED) is 0.749. The molecule has 110 valence electrons. The van der Waals surface area contributed by atoms with Crippen molar-refractivity contribution in [3.63, 3.8) is 0 Å². The molecule has 2 aromatic carbocycles. The van der Waals surface area contributed by atoms with Crippen molar-refractivity contribution in [3.8, 4) is 11.5 Å². The molecule has 0 heterocycles. The summed E-state index contributed by atoms with van der Waals surface area (Å²) in [6, 6.07) is 9.42. The molecular weight excluding hydrogens is 339 g/mol. The van der Waals surface area contributed by atoms with Crippen LogP contribution in [0.25, 0.3) is 0 Å². The Morgan fingerprint density at radius 1 is 1.24 bits per heavy atom. The molecule has 0 bridgehead atoms. The number of hydrogen-bond acceptors (Lipinski definition) is 3. The predicted octanol–water partition coefficient (Wildman–Crippen LogP) is 4.38. The van der Waals surface area contributed by atoms with Gasteiger partial charge < -0.3 is 9.47 Å². The Hall–Kier alpha value is -1.88. The average molecular weight is 353 g/mol. The van der Waals surface area contributed by atoms with E-state index in [0.29, 0.717) is 11.5 Å². The Bertz CT molecular complexity index is 671. The molecule has 2 rings (SSSR count). The molecule has 0 atom stereocenters. The van der Waals surface area contributed by atoms with Gasteiger partial charge in [0.2, 0.25) is 0 Å². The van der Waals surface area contributed by atoms with Gasteiger partial charge in [0.15, 0.2) is 5.78 Å². The molecule has 0 radical (unpaired) electrons. The minimum absolute atomic E-state index is 0.231. The molecule has 5 heteroatoms. The second kappa shape index (κ2) is 6.72. The smallest absolute Gasteiger partial charge is 0.163 e. The highest BCUT2D eigenvalue weighted by Crippen LogP contribution is 2.26. The Kier molecular flexibility index (Phi) is 4.96. The van der Waals surface area contributed by atoms with Crippen LogP contribution in [0.1, 0.15) is 22.8 Å². The fourth-order valence-electron chi connectivity index (χ4n) is 1.85. The molecule has 21 heavy (non-hydrogen) atoms. The van der Waals surface area contributed by atoms with Crippen LogP contribution in [-0.2, 0) is 6.61 Å². The van der Waals surface area contributed by atoms with E-state index in [1.165, 1.54) is 25.1 Å². The fourth-order valence-corrected chi connectivity index (χ4v) is 2.21. The van der Waals surface area contributed by atoms with Gasteiger partial charge in [-0.05, 0) is 43.3 Å². The van der Waals surface area contributed by atoms with E-state index >= 15 is 0 Å². The molecule has 3 nitrogen and oxygen atoms in total. The van der Waals surface area contributed by atoms with Crippen LogP contribution >= 0.6 is 15.9 Å². The van der Waals surface area contributed by atoms with Crippen LogP contribution in [0.2, 0.25) is 0 Å². The summed E-state index contributed by atoms with van der Waals surface area (Å²) in [7, 11) is 1.59. The lowest BCUT2D eigenvalue weighted by molar-refractivity contribution is 0.101. The van der Waals surface area contributed by atoms with E-state index in [9.17, 15) is 9.18 Å². The minimum Gasteiger partial charge on any atom is -0.497 e. The monoisotopic (exact) mass is 352 g/mol. The van der Waals surface area contributed by atoms with Gasteiger partial charge in [-0.25, -0.2) is 4.39 Å². The summed E-state index contributed by atoms with van der Waals surface area (Å²) >= 11 is 3.43. The Morgan fingerprint density at radius 2 is 2.00 bits per heavy atom. The second-order valence-corrected chi connectivity index (χ2v) is 5.30. The van der Waals surface area contributed by atoms with E-state index in [1.54, 1.807) is 7.11 Å². The van der Waals surface area contributed by atoms with Gasteiger partial charge in [0.25, 0.3) is 0 Å². The third-order valence-corrected chi connectivity index (χ3v) is 3.73. The molecule has 0 N–H and O–H groups in total. The molecule has 0 aliphatic rings. The molecule has 0 fully saturated rings. The van der Waals surface area contributed by atoms with Crippen LogP contribution in [-0.4, -0.2) is 12.9 Å². The van der Waals surface area contributed by atoms with Gasteiger partial charge in [0.05, 0.1) is 12.7 Å². The maximum atomic E-state index is 13.2. The number of benzene rings is 2. The largest absolute Gasteiger partial charge is 0.497 e. The van der Waals surface area contributed by atoms with Gasteiger partial charge in [-0.15, -0.1) is 0 Å². The number of hydrogen-bond donors (Lipinski definition) is 0. The Balaban J connectivity index is 2.22. The summed E-state index contributed by atoms with van der Waals surface area (Å²) in [4.78, 5) is 11.5. The van der Waals surface area contributed by atoms with Crippen LogP contribution < -0.4 is 9.47 Å². The SMILES string of the molecule is COc1ccc(Br)c(COc2ccc(F)cc2C(C)=O)c1. The molecule has 0 saturated carbocycles. The highest BCUT2D eigenvalue weighted by atomic mass is 79.9. The molecule has 0 saturated heterocycles. The van der Waals surface area contributed by atoms with Gasteiger partial charge in [-0.2, -0.15) is 0 Å². The zero-order valence-electron chi connectivity index (χ0n) is 11.7. The average Bonchev–Trinajstić information content (AvgIpc) is 2.47. The highest BCUT2D eigenvalue weighted by molar-refractivity contribution is 9.10. The lowest BCUT2D eigenvalue weighted by atomic mass is 10.1. The highest BCUT2D eigenvalue weighted by Gasteiger charge is 2.11. The third kappa shape index (κ3) is 3.82. The summed E-state index contributed by atoms with van der Waals surface area (Å²) < 4.78 is 24.9. The van der Waals surface area contributed by atoms with E-state index in [4.69, 9.17) is 9.47 Å². The first-order chi connectivity index (χ1) is 10.0. The van der Waals surface area contributed by atoms with E-state index < -0.39 is 5.82 Å². The third-order valence-electron chi connectivity index (χ3n) is 2.96. The van der Waals surface area contributed by atoms with Crippen molar-refractivity contribution in [1.82, 2.24) is 0 Å². The van der Waals surface area contributed by atoms with Crippen LogP contribution in [0.3, 0.4) is 0 Å². The lowest BCUT2D eigenvalue weighted by Crippen LogP contribution is -2.03. The van der Waals surface area contributed by atoms with E-state index in [-0.39, 0.29) is 18.0 Å². The van der Waals surface area contributed by atoms with Crippen LogP contribution in [0.15, 0.2) is 40.9 Å². The number of carbonyl (C=O) groups is 1. The number of ketones is 1. The van der Waals surface area contributed by atoms with Crippen molar-refractivity contribution in [1.29, 1.82) is 0 Å². The van der Waals surface area contributed by atoms with Crippen molar-refractivity contribution in [2.75, 3.05) is 7.11 Å². The predicted molar refractivity (Wildman–Crippen MR) is 81.4 cm³/mol. The molecule has 0 unspecified atom stereocenters. The molecule has 0 aromatic heterocycles. The van der Waals surface area contributed by atoms with Crippen LogP contribution in [0, 0.1) is 5.82 Å². The van der Waals surface area contributed by atoms with E-state index in [1.807, 2.05) is 18.2 Å². The summed E-state index contributed by atoms with van der Waals surface area (Å²) in [5, 5.41) is 0. The number of carbonyl (C=O) groups excluding carboxylic acids is 1. The first-order valence-electron chi connectivity index (χ1n) is 6.27. The molecule has 2 aromatic rings. The van der Waals surface area contributed by atoms with Crippen molar-refractivity contribution in [3.05, 3.63) is 57.8 Å². The topological polar surface area (TPSA) is 35.5 Å². The summed E-state index contributed by atoms with van der Waals surface area (Å²) in [6.45, 7) is 1.62. The number of rotatable bonds is 5. The summed E-state index contributed by atoms with van der Waals surface area (Å²) in [6.07, 6.45) is 0. The Labute approximate surface area is 130 Å². The zero-order chi connectivity index (χ0) is 15.4. The van der Waals surface area contributed by atoms with Gasteiger partial charge in [-0.1, -0.05) is 15.9 Å².